The average molecular weight is 275 g/mol. The summed E-state index contributed by atoms with van der Waals surface area (Å²) < 4.78 is 0. The van der Waals surface area contributed by atoms with Crippen LogP contribution in [0.2, 0.25) is 0 Å². The summed E-state index contributed by atoms with van der Waals surface area (Å²) in [5, 5.41) is 2.20. The summed E-state index contributed by atoms with van der Waals surface area (Å²) in [7, 11) is 0. The fourth-order valence-corrected chi connectivity index (χ4v) is 3.12. The molecule has 4 heteroatoms. The minimum Gasteiger partial charge on any atom is -0.397 e. The van der Waals surface area contributed by atoms with Gasteiger partial charge >= 0.3 is 0 Å². The number of nitrogens with two attached hydrogens (primary N) is 1. The summed E-state index contributed by atoms with van der Waals surface area (Å²) in [6.07, 6.45) is 3.65. The zero-order valence-corrected chi connectivity index (χ0v) is 12.4. The first-order valence-corrected chi connectivity index (χ1v) is 7.72. The molecule has 0 amide bonds. The van der Waals surface area contributed by atoms with Gasteiger partial charge in [-0.25, -0.2) is 0 Å². The minimum atomic E-state index is 0.879. The summed E-state index contributed by atoms with van der Waals surface area (Å²) in [6, 6.07) is 6.18. The van der Waals surface area contributed by atoms with Crippen LogP contribution in [0.15, 0.2) is 35.5 Å². The lowest BCUT2D eigenvalue weighted by atomic mass is 10.1. The van der Waals surface area contributed by atoms with E-state index < -0.39 is 0 Å². The maximum absolute atomic E-state index is 6.24. The van der Waals surface area contributed by atoms with Gasteiger partial charge in [0.25, 0.3) is 0 Å². The number of rotatable bonds is 6. The Morgan fingerprint density at radius 1 is 1.21 bits per heavy atom. The van der Waals surface area contributed by atoms with E-state index in [-0.39, 0.29) is 0 Å². The first kappa shape index (κ1) is 14.2. The molecule has 0 aliphatic heterocycles. The molecule has 1 aromatic heterocycles. The van der Waals surface area contributed by atoms with Crippen LogP contribution in [0.25, 0.3) is 10.8 Å². The van der Waals surface area contributed by atoms with Crippen molar-refractivity contribution < 1.29 is 0 Å². The first-order valence-electron chi connectivity index (χ1n) is 6.73. The molecule has 2 aromatic rings. The monoisotopic (exact) mass is 275 g/mol. The maximum atomic E-state index is 6.24. The maximum Gasteiger partial charge on any atom is 0.0533 e. The summed E-state index contributed by atoms with van der Waals surface area (Å²) in [4.78, 5) is 7.72. The number of hydrogen-bond donors (Lipinski definition) is 1. The number of pyridine rings is 1. The van der Waals surface area contributed by atoms with Gasteiger partial charge in [-0.05, 0) is 25.2 Å². The molecule has 1 heterocycles. The number of nitrogens with zero attached hydrogens (tertiary/aromatic N) is 2. The van der Waals surface area contributed by atoms with Crippen LogP contribution >= 0.6 is 11.8 Å². The lowest BCUT2D eigenvalue weighted by molar-refractivity contribution is 0.324. The third kappa shape index (κ3) is 3.39. The highest BCUT2D eigenvalue weighted by Gasteiger charge is 2.06. The second kappa shape index (κ2) is 6.78. The van der Waals surface area contributed by atoms with E-state index in [4.69, 9.17) is 5.73 Å². The van der Waals surface area contributed by atoms with Crippen molar-refractivity contribution in [3.05, 3.63) is 30.6 Å². The van der Waals surface area contributed by atoms with E-state index >= 15 is 0 Å². The quantitative estimate of drug-likeness (QED) is 0.649. The molecule has 0 aliphatic carbocycles. The van der Waals surface area contributed by atoms with Crippen molar-refractivity contribution in [3.8, 4) is 0 Å². The number of fused-ring (bicyclic) bond motifs is 1. The van der Waals surface area contributed by atoms with Crippen LogP contribution in [0.1, 0.15) is 13.8 Å². The molecule has 0 radical (unpaired) electrons. The Morgan fingerprint density at radius 2 is 2.00 bits per heavy atom. The summed E-state index contributed by atoms with van der Waals surface area (Å²) in [5.41, 5.74) is 7.12. The van der Waals surface area contributed by atoms with Crippen molar-refractivity contribution in [1.29, 1.82) is 0 Å². The number of nitrogen functional groups attached to an aromatic ring is 1. The molecule has 0 saturated heterocycles. The van der Waals surface area contributed by atoms with Gasteiger partial charge in [0.1, 0.15) is 0 Å². The molecule has 1 aromatic carbocycles. The lowest BCUT2D eigenvalue weighted by Gasteiger charge is -2.17. The van der Waals surface area contributed by atoms with Gasteiger partial charge in [0.2, 0.25) is 0 Å². The topological polar surface area (TPSA) is 42.2 Å². The Kier molecular flexibility index (Phi) is 5.05. The number of anilines is 1. The van der Waals surface area contributed by atoms with Crippen LogP contribution in [-0.2, 0) is 0 Å². The van der Waals surface area contributed by atoms with Crippen molar-refractivity contribution in [2.45, 2.75) is 18.7 Å². The molecule has 0 aliphatic rings. The highest BCUT2D eigenvalue weighted by molar-refractivity contribution is 7.99. The fourth-order valence-electron chi connectivity index (χ4n) is 2.12. The Bertz CT molecular complexity index is 538. The Morgan fingerprint density at radius 3 is 2.74 bits per heavy atom. The Hall–Kier alpha value is -1.26. The summed E-state index contributed by atoms with van der Waals surface area (Å²) >= 11 is 1.83. The molecule has 0 fully saturated rings. The van der Waals surface area contributed by atoms with Crippen molar-refractivity contribution in [1.82, 2.24) is 9.88 Å². The molecular weight excluding hydrogens is 254 g/mol. The predicted octanol–water partition coefficient (Wildman–Crippen LogP) is 3.25. The summed E-state index contributed by atoms with van der Waals surface area (Å²) in [5.74, 6) is 1.07. The first-order chi connectivity index (χ1) is 9.26. The minimum absolute atomic E-state index is 0.879. The normalized spacial score (nSPS) is 11.3. The SMILES string of the molecule is CCN(CC)CCSc1ccc2cnccc2c1N. The molecule has 0 spiro atoms. The molecule has 0 unspecified atom stereocenters. The molecule has 2 rings (SSSR count). The van der Waals surface area contributed by atoms with Gasteiger partial charge < -0.3 is 10.6 Å². The van der Waals surface area contributed by atoms with Crippen molar-refractivity contribution >= 4 is 28.2 Å². The van der Waals surface area contributed by atoms with E-state index in [0.29, 0.717) is 0 Å². The van der Waals surface area contributed by atoms with E-state index in [1.165, 1.54) is 4.90 Å². The third-order valence-electron chi connectivity index (χ3n) is 3.38. The van der Waals surface area contributed by atoms with Gasteiger partial charge in [-0.15, -0.1) is 11.8 Å². The number of benzene rings is 1. The zero-order chi connectivity index (χ0) is 13.7. The van der Waals surface area contributed by atoms with Crippen LogP contribution in [0.5, 0.6) is 0 Å². The number of hydrogen-bond acceptors (Lipinski definition) is 4. The largest absolute Gasteiger partial charge is 0.397 e. The highest BCUT2D eigenvalue weighted by Crippen LogP contribution is 2.31. The van der Waals surface area contributed by atoms with Crippen LogP contribution in [0, 0.1) is 0 Å². The van der Waals surface area contributed by atoms with E-state index in [1.807, 2.05) is 24.0 Å². The second-order valence-electron chi connectivity index (χ2n) is 4.45. The number of aromatic nitrogens is 1. The molecular formula is C15H21N3S. The van der Waals surface area contributed by atoms with Crippen LogP contribution in [0.4, 0.5) is 5.69 Å². The molecule has 3 nitrogen and oxygen atoms in total. The van der Waals surface area contributed by atoms with Crippen molar-refractivity contribution in [2.24, 2.45) is 0 Å². The standard InChI is InChI=1S/C15H21N3S/c1-3-18(4-2)9-10-19-14-6-5-12-11-17-8-7-13(12)15(14)16/h5-8,11H,3-4,9-10,16H2,1-2H3. The average Bonchev–Trinajstić information content (AvgIpc) is 2.46. The molecule has 19 heavy (non-hydrogen) atoms. The van der Waals surface area contributed by atoms with E-state index in [0.717, 1.165) is 41.8 Å². The number of thioether (sulfide) groups is 1. The fraction of sp³-hybridized carbons (Fsp3) is 0.400. The van der Waals surface area contributed by atoms with Crippen LogP contribution < -0.4 is 5.73 Å². The Labute approximate surface area is 119 Å². The second-order valence-corrected chi connectivity index (χ2v) is 5.59. The molecule has 0 atom stereocenters. The zero-order valence-electron chi connectivity index (χ0n) is 11.6. The summed E-state index contributed by atoms with van der Waals surface area (Å²) in [6.45, 7) is 7.72. The predicted molar refractivity (Wildman–Crippen MR) is 84.7 cm³/mol. The lowest BCUT2D eigenvalue weighted by Crippen LogP contribution is -2.25. The Balaban J connectivity index is 2.07. The van der Waals surface area contributed by atoms with Gasteiger partial charge in [-0.2, -0.15) is 0 Å². The molecule has 2 N–H and O–H groups in total. The van der Waals surface area contributed by atoms with Gasteiger partial charge in [0.05, 0.1) is 5.69 Å². The smallest absolute Gasteiger partial charge is 0.0533 e. The van der Waals surface area contributed by atoms with Gasteiger partial charge in [-0.3, -0.25) is 4.98 Å². The molecule has 102 valence electrons. The van der Waals surface area contributed by atoms with Crippen LogP contribution in [0.3, 0.4) is 0 Å². The van der Waals surface area contributed by atoms with E-state index in [1.54, 1.807) is 6.20 Å². The van der Waals surface area contributed by atoms with Crippen LogP contribution in [-0.4, -0.2) is 35.3 Å². The van der Waals surface area contributed by atoms with Gasteiger partial charge in [0.15, 0.2) is 0 Å². The van der Waals surface area contributed by atoms with Crippen molar-refractivity contribution in [2.75, 3.05) is 31.1 Å². The molecule has 0 bridgehead atoms. The van der Waals surface area contributed by atoms with Crippen molar-refractivity contribution in [3.63, 3.8) is 0 Å². The van der Waals surface area contributed by atoms with Gasteiger partial charge in [0, 0.05) is 40.4 Å². The highest BCUT2D eigenvalue weighted by atomic mass is 32.2. The van der Waals surface area contributed by atoms with Gasteiger partial charge in [-0.1, -0.05) is 19.9 Å². The van der Waals surface area contributed by atoms with E-state index in [9.17, 15) is 0 Å². The molecule has 0 saturated carbocycles. The van der Waals surface area contributed by atoms with E-state index in [2.05, 4.69) is 35.9 Å². The third-order valence-corrected chi connectivity index (χ3v) is 4.43.